The first-order chi connectivity index (χ1) is 11.9. The number of hydrogen-bond acceptors (Lipinski definition) is 7. The lowest BCUT2D eigenvalue weighted by molar-refractivity contribution is -0.385. The molecule has 0 amide bonds. The summed E-state index contributed by atoms with van der Waals surface area (Å²) in [7, 11) is 0. The van der Waals surface area contributed by atoms with E-state index in [9.17, 15) is 25.0 Å². The van der Waals surface area contributed by atoms with Gasteiger partial charge in [-0.1, -0.05) is 0 Å². The first-order valence-electron chi connectivity index (χ1n) is 6.96. The van der Waals surface area contributed by atoms with Crippen molar-refractivity contribution in [1.29, 1.82) is 0 Å². The van der Waals surface area contributed by atoms with Crippen LogP contribution >= 0.6 is 0 Å². The molecule has 0 fully saturated rings. The van der Waals surface area contributed by atoms with Crippen molar-refractivity contribution < 1.29 is 14.3 Å². The number of nitro benzene ring substituents is 2. The lowest BCUT2D eigenvalue weighted by Gasteiger charge is -1.98. The van der Waals surface area contributed by atoms with Crippen LogP contribution in [0.4, 0.5) is 11.4 Å². The van der Waals surface area contributed by atoms with Crippen LogP contribution in [-0.2, 0) is 0 Å². The number of rotatable bonds is 4. The zero-order chi connectivity index (χ0) is 18.0. The minimum absolute atomic E-state index is 0.0312. The van der Waals surface area contributed by atoms with Crippen molar-refractivity contribution in [3.05, 3.63) is 84.6 Å². The second-order valence-electron chi connectivity index (χ2n) is 4.98. The fraction of sp³-hybridized carbons (Fsp3) is 0. The Morgan fingerprint density at radius 1 is 0.920 bits per heavy atom. The maximum Gasteiger partial charge on any atom is 0.347 e. The van der Waals surface area contributed by atoms with Crippen LogP contribution in [0.2, 0.25) is 0 Å². The molecular formula is C16H9N3O6. The Morgan fingerprint density at radius 2 is 1.56 bits per heavy atom. The van der Waals surface area contributed by atoms with E-state index in [1.54, 1.807) is 6.08 Å². The number of hydrogen-bond donors (Lipinski definition) is 0. The summed E-state index contributed by atoms with van der Waals surface area (Å²) in [6.07, 6.45) is 2.96. The summed E-state index contributed by atoms with van der Waals surface area (Å²) in [5.74, 6) is -0.0312. The third kappa shape index (κ3) is 3.39. The molecule has 0 unspecified atom stereocenters. The van der Waals surface area contributed by atoms with Crippen LogP contribution in [0.1, 0.15) is 11.5 Å². The molecule has 25 heavy (non-hydrogen) atoms. The standard InChI is InChI=1S/C16H9N3O6/c20-16-13-7-6-12(19(23)24)9-14(13)17-15(25-16)8-3-10-1-4-11(5-2-10)18(21)22/h1-9H/b8-3+. The van der Waals surface area contributed by atoms with Gasteiger partial charge in [0.25, 0.3) is 11.4 Å². The van der Waals surface area contributed by atoms with Gasteiger partial charge in [-0.15, -0.1) is 0 Å². The van der Waals surface area contributed by atoms with Crippen LogP contribution in [0.15, 0.2) is 51.7 Å². The molecule has 0 bridgehead atoms. The van der Waals surface area contributed by atoms with Crippen LogP contribution in [-0.4, -0.2) is 14.8 Å². The summed E-state index contributed by atoms with van der Waals surface area (Å²) in [6, 6.07) is 9.41. The summed E-state index contributed by atoms with van der Waals surface area (Å²) < 4.78 is 5.04. The van der Waals surface area contributed by atoms with E-state index in [1.807, 2.05) is 0 Å². The minimum atomic E-state index is -0.664. The lowest BCUT2D eigenvalue weighted by Crippen LogP contribution is -2.03. The van der Waals surface area contributed by atoms with Crippen LogP contribution in [0.3, 0.4) is 0 Å². The average Bonchev–Trinajstić information content (AvgIpc) is 2.59. The van der Waals surface area contributed by atoms with Crippen LogP contribution < -0.4 is 5.63 Å². The highest BCUT2D eigenvalue weighted by Gasteiger charge is 2.11. The molecule has 9 heteroatoms. The number of aromatic nitrogens is 1. The summed E-state index contributed by atoms with van der Waals surface area (Å²) in [5.41, 5.74) is -0.109. The molecule has 0 saturated heterocycles. The fourth-order valence-corrected chi connectivity index (χ4v) is 2.14. The van der Waals surface area contributed by atoms with E-state index in [0.717, 1.165) is 0 Å². The van der Waals surface area contributed by atoms with Gasteiger partial charge in [0.1, 0.15) is 0 Å². The van der Waals surface area contributed by atoms with Crippen LogP contribution in [0, 0.1) is 20.2 Å². The van der Waals surface area contributed by atoms with Gasteiger partial charge in [0.05, 0.1) is 20.7 Å². The monoisotopic (exact) mass is 339 g/mol. The highest BCUT2D eigenvalue weighted by molar-refractivity contribution is 5.80. The van der Waals surface area contributed by atoms with Crippen molar-refractivity contribution in [3.63, 3.8) is 0 Å². The van der Waals surface area contributed by atoms with Gasteiger partial charge in [0.2, 0.25) is 5.89 Å². The van der Waals surface area contributed by atoms with Gasteiger partial charge in [-0.2, -0.15) is 0 Å². The molecule has 2 aromatic carbocycles. The smallest absolute Gasteiger partial charge is 0.347 e. The Kier molecular flexibility index (Phi) is 4.04. The maximum absolute atomic E-state index is 11.9. The van der Waals surface area contributed by atoms with Crippen molar-refractivity contribution in [2.75, 3.05) is 0 Å². The average molecular weight is 339 g/mol. The zero-order valence-electron chi connectivity index (χ0n) is 12.5. The van der Waals surface area contributed by atoms with E-state index < -0.39 is 15.5 Å². The molecule has 0 aliphatic carbocycles. The molecule has 0 radical (unpaired) electrons. The Morgan fingerprint density at radius 3 is 2.20 bits per heavy atom. The second-order valence-corrected chi connectivity index (χ2v) is 4.98. The summed E-state index contributed by atoms with van der Waals surface area (Å²) >= 11 is 0. The Bertz CT molecular complexity index is 1070. The van der Waals surface area contributed by atoms with Crippen molar-refractivity contribution in [3.8, 4) is 0 Å². The number of benzene rings is 2. The molecule has 9 nitrogen and oxygen atoms in total. The Hall–Kier alpha value is -3.88. The normalized spacial score (nSPS) is 11.0. The Balaban J connectivity index is 1.96. The number of non-ortho nitro benzene ring substituents is 2. The van der Waals surface area contributed by atoms with Crippen LogP contribution in [0.5, 0.6) is 0 Å². The number of nitrogens with zero attached hydrogens (tertiary/aromatic N) is 3. The van der Waals surface area contributed by atoms with Crippen molar-refractivity contribution in [2.45, 2.75) is 0 Å². The molecule has 1 heterocycles. The molecule has 3 rings (SSSR count). The van der Waals surface area contributed by atoms with E-state index >= 15 is 0 Å². The molecular weight excluding hydrogens is 330 g/mol. The second kappa shape index (κ2) is 6.32. The Labute approximate surface area is 139 Å². The molecule has 0 aliphatic rings. The van der Waals surface area contributed by atoms with E-state index in [4.69, 9.17) is 4.42 Å². The maximum atomic E-state index is 11.9. The van der Waals surface area contributed by atoms with Gasteiger partial charge in [0.15, 0.2) is 0 Å². The van der Waals surface area contributed by atoms with E-state index in [1.165, 1.54) is 48.5 Å². The van der Waals surface area contributed by atoms with E-state index in [0.29, 0.717) is 5.56 Å². The van der Waals surface area contributed by atoms with Crippen molar-refractivity contribution in [1.82, 2.24) is 4.98 Å². The molecule has 124 valence electrons. The van der Waals surface area contributed by atoms with Crippen LogP contribution in [0.25, 0.3) is 23.1 Å². The number of fused-ring (bicyclic) bond motifs is 1. The van der Waals surface area contributed by atoms with Gasteiger partial charge in [-0.05, 0) is 29.8 Å². The molecule has 0 aliphatic heterocycles. The first-order valence-corrected chi connectivity index (χ1v) is 6.96. The summed E-state index contributed by atoms with van der Waals surface area (Å²) in [5, 5.41) is 21.6. The topological polar surface area (TPSA) is 129 Å². The molecule has 3 aromatic rings. The molecule has 0 spiro atoms. The van der Waals surface area contributed by atoms with E-state index in [2.05, 4.69) is 4.98 Å². The quantitative estimate of drug-likeness (QED) is 0.527. The predicted octanol–water partition coefficient (Wildman–Crippen LogP) is 3.17. The first kappa shape index (κ1) is 16.0. The summed E-state index contributed by atoms with van der Waals surface area (Å²) in [6.45, 7) is 0. The predicted molar refractivity (Wildman–Crippen MR) is 89.0 cm³/mol. The third-order valence-corrected chi connectivity index (χ3v) is 3.36. The largest absolute Gasteiger partial charge is 0.404 e. The van der Waals surface area contributed by atoms with Gasteiger partial charge in [-0.25, -0.2) is 9.78 Å². The minimum Gasteiger partial charge on any atom is -0.404 e. The lowest BCUT2D eigenvalue weighted by atomic mass is 10.2. The third-order valence-electron chi connectivity index (χ3n) is 3.36. The zero-order valence-corrected chi connectivity index (χ0v) is 12.5. The van der Waals surface area contributed by atoms with Gasteiger partial charge >= 0.3 is 5.63 Å². The molecule has 1 aromatic heterocycles. The summed E-state index contributed by atoms with van der Waals surface area (Å²) in [4.78, 5) is 36.3. The van der Waals surface area contributed by atoms with Gasteiger partial charge in [0, 0.05) is 30.3 Å². The van der Waals surface area contributed by atoms with Crippen molar-refractivity contribution in [2.24, 2.45) is 0 Å². The van der Waals surface area contributed by atoms with Crippen molar-refractivity contribution >= 4 is 34.4 Å². The fourth-order valence-electron chi connectivity index (χ4n) is 2.14. The molecule has 0 saturated carbocycles. The highest BCUT2D eigenvalue weighted by atomic mass is 16.6. The molecule has 0 atom stereocenters. The van der Waals surface area contributed by atoms with Gasteiger partial charge < -0.3 is 4.42 Å². The van der Waals surface area contributed by atoms with Gasteiger partial charge in [-0.3, -0.25) is 20.2 Å². The molecule has 0 N–H and O–H groups in total. The number of nitro groups is 2. The highest BCUT2D eigenvalue weighted by Crippen LogP contribution is 2.18. The van der Waals surface area contributed by atoms with E-state index in [-0.39, 0.29) is 28.2 Å². The SMILES string of the molecule is O=c1oc(/C=C/c2ccc([N+](=O)[O-])cc2)nc2cc([N+](=O)[O-])ccc12.